The Labute approximate surface area is 120 Å². The van der Waals surface area contributed by atoms with Gasteiger partial charge in [0, 0.05) is 35.2 Å². The van der Waals surface area contributed by atoms with Crippen molar-refractivity contribution < 1.29 is 9.84 Å². The Morgan fingerprint density at radius 3 is 3.00 bits per heavy atom. The summed E-state index contributed by atoms with van der Waals surface area (Å²) in [6.07, 6.45) is 3.01. The third kappa shape index (κ3) is 4.25. The van der Waals surface area contributed by atoms with Crippen LogP contribution in [0.3, 0.4) is 0 Å². The van der Waals surface area contributed by atoms with Gasteiger partial charge in [0.2, 0.25) is 0 Å². The molecule has 1 heterocycles. The number of ether oxygens (including phenoxy) is 1. The molecule has 19 heavy (non-hydrogen) atoms. The number of nitrogens with zero attached hydrogens (tertiary/aromatic N) is 2. The molecule has 2 N–H and O–H groups in total. The minimum Gasteiger partial charge on any atom is -0.497 e. The highest BCUT2D eigenvalue weighted by atomic mass is 79.9. The lowest BCUT2D eigenvalue weighted by atomic mass is 10.2. The normalized spacial score (nSPS) is 12.2. The Morgan fingerprint density at radius 1 is 1.47 bits per heavy atom. The van der Waals surface area contributed by atoms with Crippen LogP contribution in [0.4, 0.5) is 5.69 Å². The summed E-state index contributed by atoms with van der Waals surface area (Å²) in [6, 6.07) is 7.53. The zero-order valence-electron chi connectivity index (χ0n) is 10.6. The molecule has 1 aromatic carbocycles. The summed E-state index contributed by atoms with van der Waals surface area (Å²) in [4.78, 5) is 0. The van der Waals surface area contributed by atoms with Gasteiger partial charge in [0.25, 0.3) is 0 Å². The molecule has 0 fully saturated rings. The van der Waals surface area contributed by atoms with Crippen molar-refractivity contribution in [3.8, 4) is 5.75 Å². The number of aromatic nitrogens is 2. The largest absolute Gasteiger partial charge is 0.497 e. The van der Waals surface area contributed by atoms with Crippen LogP contribution in [0.15, 0.2) is 41.1 Å². The average Bonchev–Trinajstić information content (AvgIpc) is 2.88. The average molecular weight is 326 g/mol. The third-order valence-corrected chi connectivity index (χ3v) is 3.06. The highest BCUT2D eigenvalue weighted by molar-refractivity contribution is 9.10. The summed E-state index contributed by atoms with van der Waals surface area (Å²) >= 11 is 3.41. The predicted molar refractivity (Wildman–Crippen MR) is 77.4 cm³/mol. The van der Waals surface area contributed by atoms with Crippen molar-refractivity contribution in [2.45, 2.75) is 12.6 Å². The Bertz CT molecular complexity index is 517. The first-order chi connectivity index (χ1) is 9.17. The van der Waals surface area contributed by atoms with Crippen LogP contribution in [0.1, 0.15) is 0 Å². The molecule has 1 unspecified atom stereocenters. The number of nitrogens with one attached hydrogen (secondary N) is 1. The van der Waals surface area contributed by atoms with Gasteiger partial charge in [0.05, 0.1) is 19.8 Å². The molecule has 0 bridgehead atoms. The van der Waals surface area contributed by atoms with Gasteiger partial charge in [-0.1, -0.05) is 15.9 Å². The molecule has 102 valence electrons. The Hall–Kier alpha value is -1.53. The molecule has 5 nitrogen and oxygen atoms in total. The van der Waals surface area contributed by atoms with E-state index in [1.807, 2.05) is 30.5 Å². The van der Waals surface area contributed by atoms with Gasteiger partial charge in [-0.3, -0.25) is 4.68 Å². The monoisotopic (exact) mass is 325 g/mol. The van der Waals surface area contributed by atoms with Gasteiger partial charge in [0.15, 0.2) is 0 Å². The molecular formula is C13H16BrN3O2. The molecule has 2 aromatic rings. The molecule has 0 saturated carbocycles. The van der Waals surface area contributed by atoms with Crippen LogP contribution in [0.2, 0.25) is 0 Å². The van der Waals surface area contributed by atoms with Crippen molar-refractivity contribution in [2.24, 2.45) is 0 Å². The maximum Gasteiger partial charge on any atom is 0.122 e. The molecule has 2 rings (SSSR count). The van der Waals surface area contributed by atoms with Gasteiger partial charge in [-0.05, 0) is 18.2 Å². The van der Waals surface area contributed by atoms with Crippen molar-refractivity contribution in [3.05, 3.63) is 41.1 Å². The molecule has 6 heteroatoms. The van der Waals surface area contributed by atoms with E-state index < -0.39 is 6.10 Å². The van der Waals surface area contributed by atoms with Gasteiger partial charge in [0.1, 0.15) is 5.75 Å². The first-order valence-electron chi connectivity index (χ1n) is 5.91. The summed E-state index contributed by atoms with van der Waals surface area (Å²) < 4.78 is 7.81. The van der Waals surface area contributed by atoms with Crippen molar-refractivity contribution in [3.63, 3.8) is 0 Å². The molecule has 0 aliphatic carbocycles. The highest BCUT2D eigenvalue weighted by Crippen LogP contribution is 2.24. The fourth-order valence-electron chi connectivity index (χ4n) is 1.71. The third-order valence-electron chi connectivity index (χ3n) is 2.61. The van der Waals surface area contributed by atoms with Gasteiger partial charge in [-0.25, -0.2) is 0 Å². The fourth-order valence-corrected chi connectivity index (χ4v) is 2.18. The van der Waals surface area contributed by atoms with Crippen LogP contribution in [0, 0.1) is 0 Å². The van der Waals surface area contributed by atoms with E-state index in [0.29, 0.717) is 13.1 Å². The van der Waals surface area contributed by atoms with Crippen LogP contribution in [-0.2, 0) is 6.54 Å². The van der Waals surface area contributed by atoms with E-state index >= 15 is 0 Å². The topological polar surface area (TPSA) is 59.3 Å². The number of halogens is 1. The van der Waals surface area contributed by atoms with Crippen LogP contribution >= 0.6 is 15.9 Å². The number of aliphatic hydroxyl groups is 1. The summed E-state index contributed by atoms with van der Waals surface area (Å²) in [7, 11) is 1.62. The number of benzene rings is 1. The van der Waals surface area contributed by atoms with Crippen molar-refractivity contribution in [1.82, 2.24) is 9.78 Å². The smallest absolute Gasteiger partial charge is 0.122 e. The second-order valence-corrected chi connectivity index (χ2v) is 5.06. The summed E-state index contributed by atoms with van der Waals surface area (Å²) in [5, 5.41) is 17.1. The van der Waals surface area contributed by atoms with Crippen LogP contribution in [0.5, 0.6) is 5.75 Å². The van der Waals surface area contributed by atoms with E-state index in [1.54, 1.807) is 18.0 Å². The van der Waals surface area contributed by atoms with Gasteiger partial charge in [-0.15, -0.1) is 0 Å². The summed E-state index contributed by atoms with van der Waals surface area (Å²) in [5.74, 6) is 0.762. The number of rotatable bonds is 6. The van der Waals surface area contributed by atoms with E-state index in [-0.39, 0.29) is 0 Å². The Balaban J connectivity index is 1.89. The van der Waals surface area contributed by atoms with Gasteiger partial charge >= 0.3 is 0 Å². The van der Waals surface area contributed by atoms with Crippen molar-refractivity contribution in [2.75, 3.05) is 19.0 Å². The second-order valence-electron chi connectivity index (χ2n) is 4.14. The number of methoxy groups -OCH3 is 1. The van der Waals surface area contributed by atoms with Crippen LogP contribution in [-0.4, -0.2) is 34.6 Å². The quantitative estimate of drug-likeness (QED) is 0.854. The van der Waals surface area contributed by atoms with E-state index in [0.717, 1.165) is 15.9 Å². The standard InChI is InChI=1S/C13H16BrN3O2/c1-19-13-6-10(14)5-11(7-13)15-8-12(18)9-17-4-2-3-16-17/h2-7,12,15,18H,8-9H2,1H3. The minimum absolute atomic E-state index is 0.444. The summed E-state index contributed by atoms with van der Waals surface area (Å²) in [6.45, 7) is 0.907. The van der Waals surface area contributed by atoms with E-state index in [9.17, 15) is 5.11 Å². The number of aliphatic hydroxyl groups excluding tert-OH is 1. The predicted octanol–water partition coefficient (Wildman–Crippen LogP) is 2.13. The lowest BCUT2D eigenvalue weighted by Crippen LogP contribution is -2.25. The maximum atomic E-state index is 9.91. The molecule has 1 atom stereocenters. The lowest BCUT2D eigenvalue weighted by molar-refractivity contribution is 0.161. The Kier molecular flexibility index (Phi) is 4.81. The summed E-state index contributed by atoms with van der Waals surface area (Å²) in [5.41, 5.74) is 0.894. The molecule has 1 aromatic heterocycles. The SMILES string of the molecule is COc1cc(Br)cc(NCC(O)Cn2cccn2)c1. The number of anilines is 1. The van der Waals surface area contributed by atoms with Crippen LogP contribution in [0.25, 0.3) is 0 Å². The van der Waals surface area contributed by atoms with E-state index in [2.05, 4.69) is 26.3 Å². The van der Waals surface area contributed by atoms with Crippen molar-refractivity contribution in [1.29, 1.82) is 0 Å². The highest BCUT2D eigenvalue weighted by Gasteiger charge is 2.06. The fraction of sp³-hybridized carbons (Fsp3) is 0.308. The number of hydrogen-bond donors (Lipinski definition) is 2. The van der Waals surface area contributed by atoms with Crippen LogP contribution < -0.4 is 10.1 Å². The van der Waals surface area contributed by atoms with Crippen molar-refractivity contribution >= 4 is 21.6 Å². The Morgan fingerprint density at radius 2 is 2.32 bits per heavy atom. The minimum atomic E-state index is -0.509. The molecular weight excluding hydrogens is 310 g/mol. The molecule has 0 spiro atoms. The van der Waals surface area contributed by atoms with Gasteiger partial charge < -0.3 is 15.2 Å². The molecule has 0 saturated heterocycles. The maximum absolute atomic E-state index is 9.91. The molecule has 0 radical (unpaired) electrons. The molecule has 0 amide bonds. The van der Waals surface area contributed by atoms with E-state index in [4.69, 9.17) is 4.74 Å². The van der Waals surface area contributed by atoms with Gasteiger partial charge in [-0.2, -0.15) is 5.10 Å². The zero-order chi connectivity index (χ0) is 13.7. The van der Waals surface area contributed by atoms with E-state index in [1.165, 1.54) is 0 Å². The molecule has 0 aliphatic heterocycles. The lowest BCUT2D eigenvalue weighted by Gasteiger charge is -2.14. The molecule has 0 aliphatic rings. The zero-order valence-corrected chi connectivity index (χ0v) is 12.2. The first kappa shape index (κ1) is 13.9. The number of hydrogen-bond acceptors (Lipinski definition) is 4. The first-order valence-corrected chi connectivity index (χ1v) is 6.70. The second kappa shape index (κ2) is 6.58.